The number of aliphatic hydroxyl groups excluding tert-OH is 1. The van der Waals surface area contributed by atoms with Gasteiger partial charge in [0.1, 0.15) is 0 Å². The van der Waals surface area contributed by atoms with E-state index in [1.807, 2.05) is 75.4 Å². The molecule has 0 heterocycles. The van der Waals surface area contributed by atoms with Gasteiger partial charge in [0.25, 0.3) is 0 Å². The van der Waals surface area contributed by atoms with Gasteiger partial charge >= 0.3 is 0 Å². The van der Waals surface area contributed by atoms with Crippen LogP contribution in [0.1, 0.15) is 43.1 Å². The Morgan fingerprint density at radius 3 is 2.10 bits per heavy atom. The van der Waals surface area contributed by atoms with Crippen molar-refractivity contribution in [3.8, 4) is 0 Å². The lowest BCUT2D eigenvalue weighted by atomic mass is 9.99. The zero-order chi connectivity index (χ0) is 15.0. The van der Waals surface area contributed by atoms with Gasteiger partial charge in [-0.25, -0.2) is 0 Å². The summed E-state index contributed by atoms with van der Waals surface area (Å²) in [6.07, 6.45) is -0.272. The van der Waals surface area contributed by atoms with Gasteiger partial charge in [-0.3, -0.25) is 0 Å². The van der Waals surface area contributed by atoms with Gasteiger partial charge in [0.2, 0.25) is 0 Å². The quantitative estimate of drug-likeness (QED) is 0.788. The van der Waals surface area contributed by atoms with Crippen LogP contribution in [0.4, 0.5) is 0 Å². The van der Waals surface area contributed by atoms with Crippen molar-refractivity contribution in [1.82, 2.24) is 0 Å². The average molecular weight is 269 g/mol. The molecule has 0 bridgehead atoms. The van der Waals surface area contributed by atoms with E-state index in [0.29, 0.717) is 12.1 Å². The molecule has 0 fully saturated rings. The summed E-state index contributed by atoms with van der Waals surface area (Å²) in [7, 11) is 0. The number of aryl methyl sites for hydroxylation is 1. The molecule has 2 heteroatoms. The first kappa shape index (κ1) is 16.1. The van der Waals surface area contributed by atoms with Crippen molar-refractivity contribution in [2.24, 2.45) is 0 Å². The normalized spacial score (nSPS) is 11.2. The molecule has 0 spiro atoms. The number of hydrogen-bond donors (Lipinski definition) is 2. The molecule has 0 aliphatic heterocycles. The van der Waals surface area contributed by atoms with Crippen LogP contribution in [0, 0.1) is 12.3 Å². The molecule has 2 aromatic rings. The van der Waals surface area contributed by atoms with Gasteiger partial charge in [-0.15, -0.1) is 0 Å². The standard InChI is InChI=1S/C16H17NO.C2H6/c1-12-7-9-14(10-8-12)16(18)11-15(17)13-5-3-2-4-6-13;1-2/h2-10,16-18H,11H2,1H3;1-2H3. The highest BCUT2D eigenvalue weighted by Gasteiger charge is 2.11. The highest BCUT2D eigenvalue weighted by Crippen LogP contribution is 2.19. The SMILES string of the molecule is CC.Cc1ccc(C(O)CC(=N)c2ccccc2)cc1. The van der Waals surface area contributed by atoms with E-state index < -0.39 is 6.10 Å². The second-order valence-electron chi connectivity index (χ2n) is 4.48. The molecule has 0 aliphatic carbocycles. The summed E-state index contributed by atoms with van der Waals surface area (Å²) in [6, 6.07) is 17.3. The molecule has 2 rings (SSSR count). The zero-order valence-electron chi connectivity index (χ0n) is 12.4. The van der Waals surface area contributed by atoms with Gasteiger partial charge in [0.05, 0.1) is 6.10 Å². The molecule has 0 aliphatic rings. The average Bonchev–Trinajstić information content (AvgIpc) is 2.50. The minimum atomic E-state index is -0.613. The van der Waals surface area contributed by atoms with Crippen LogP contribution in [-0.4, -0.2) is 10.8 Å². The summed E-state index contributed by atoms with van der Waals surface area (Å²) in [5, 5.41) is 18.1. The molecule has 20 heavy (non-hydrogen) atoms. The van der Waals surface area contributed by atoms with E-state index in [1.54, 1.807) is 0 Å². The van der Waals surface area contributed by atoms with E-state index in [2.05, 4.69) is 0 Å². The van der Waals surface area contributed by atoms with Crippen molar-refractivity contribution in [3.63, 3.8) is 0 Å². The third-order valence-corrected chi connectivity index (χ3v) is 2.98. The van der Waals surface area contributed by atoms with Gasteiger partial charge in [-0.2, -0.15) is 0 Å². The molecule has 1 unspecified atom stereocenters. The van der Waals surface area contributed by atoms with Crippen molar-refractivity contribution < 1.29 is 5.11 Å². The van der Waals surface area contributed by atoms with E-state index in [9.17, 15) is 5.11 Å². The Labute approximate surface area is 121 Å². The molecule has 0 radical (unpaired) electrons. The Kier molecular flexibility index (Phi) is 6.68. The number of aliphatic hydroxyl groups is 1. The summed E-state index contributed by atoms with van der Waals surface area (Å²) in [5.41, 5.74) is 3.36. The second kappa shape index (κ2) is 8.28. The lowest BCUT2D eigenvalue weighted by Gasteiger charge is -2.12. The topological polar surface area (TPSA) is 44.1 Å². The lowest BCUT2D eigenvalue weighted by molar-refractivity contribution is 0.186. The number of benzene rings is 2. The molecule has 0 amide bonds. The molecule has 2 N–H and O–H groups in total. The third-order valence-electron chi connectivity index (χ3n) is 2.98. The number of hydrogen-bond acceptors (Lipinski definition) is 2. The van der Waals surface area contributed by atoms with Crippen LogP contribution < -0.4 is 0 Å². The molecule has 0 aromatic heterocycles. The predicted molar refractivity (Wildman–Crippen MR) is 85.4 cm³/mol. The van der Waals surface area contributed by atoms with Crippen LogP contribution in [0.5, 0.6) is 0 Å². The summed E-state index contributed by atoms with van der Waals surface area (Å²) < 4.78 is 0. The molecular weight excluding hydrogens is 246 g/mol. The summed E-state index contributed by atoms with van der Waals surface area (Å²) in [4.78, 5) is 0. The van der Waals surface area contributed by atoms with Crippen molar-refractivity contribution in [2.45, 2.75) is 33.3 Å². The summed E-state index contributed by atoms with van der Waals surface area (Å²) in [5.74, 6) is 0. The molecule has 0 saturated carbocycles. The molecular formula is C18H23NO. The van der Waals surface area contributed by atoms with Gasteiger partial charge in [0.15, 0.2) is 0 Å². The van der Waals surface area contributed by atoms with Crippen LogP contribution in [0.15, 0.2) is 54.6 Å². The smallest absolute Gasteiger partial charge is 0.0845 e. The molecule has 0 saturated heterocycles. The Morgan fingerprint density at radius 1 is 1.00 bits per heavy atom. The fourth-order valence-corrected chi connectivity index (χ4v) is 1.86. The maximum atomic E-state index is 10.1. The first-order valence-corrected chi connectivity index (χ1v) is 7.04. The Bertz CT molecular complexity index is 517. The highest BCUT2D eigenvalue weighted by molar-refractivity contribution is 5.98. The molecule has 1 atom stereocenters. The van der Waals surface area contributed by atoms with Crippen LogP contribution in [-0.2, 0) is 0 Å². The molecule has 106 valence electrons. The van der Waals surface area contributed by atoms with E-state index in [0.717, 1.165) is 11.1 Å². The van der Waals surface area contributed by atoms with Gasteiger partial charge in [0, 0.05) is 12.1 Å². The van der Waals surface area contributed by atoms with Crippen molar-refractivity contribution >= 4 is 5.71 Å². The summed E-state index contributed by atoms with van der Waals surface area (Å²) in [6.45, 7) is 6.02. The fourth-order valence-electron chi connectivity index (χ4n) is 1.86. The minimum Gasteiger partial charge on any atom is -0.388 e. The fraction of sp³-hybridized carbons (Fsp3) is 0.278. The first-order chi connectivity index (χ1) is 9.66. The van der Waals surface area contributed by atoms with Crippen LogP contribution in [0.25, 0.3) is 0 Å². The predicted octanol–water partition coefficient (Wildman–Crippen LogP) is 4.51. The molecule has 2 nitrogen and oxygen atoms in total. The van der Waals surface area contributed by atoms with Gasteiger partial charge in [-0.05, 0) is 18.1 Å². The largest absolute Gasteiger partial charge is 0.388 e. The van der Waals surface area contributed by atoms with Gasteiger partial charge < -0.3 is 10.5 Å². The summed E-state index contributed by atoms with van der Waals surface area (Å²) >= 11 is 0. The Hall–Kier alpha value is -1.93. The van der Waals surface area contributed by atoms with Crippen molar-refractivity contribution in [3.05, 3.63) is 71.3 Å². The van der Waals surface area contributed by atoms with Crippen molar-refractivity contribution in [2.75, 3.05) is 0 Å². The maximum Gasteiger partial charge on any atom is 0.0845 e. The van der Waals surface area contributed by atoms with E-state index in [4.69, 9.17) is 5.41 Å². The Morgan fingerprint density at radius 2 is 1.55 bits per heavy atom. The lowest BCUT2D eigenvalue weighted by Crippen LogP contribution is -2.07. The number of rotatable bonds is 4. The van der Waals surface area contributed by atoms with E-state index in [-0.39, 0.29) is 0 Å². The van der Waals surface area contributed by atoms with Crippen LogP contribution in [0.3, 0.4) is 0 Å². The zero-order valence-corrected chi connectivity index (χ0v) is 12.4. The first-order valence-electron chi connectivity index (χ1n) is 7.04. The second-order valence-corrected chi connectivity index (χ2v) is 4.48. The monoisotopic (exact) mass is 269 g/mol. The van der Waals surface area contributed by atoms with Crippen LogP contribution >= 0.6 is 0 Å². The van der Waals surface area contributed by atoms with Gasteiger partial charge in [-0.1, -0.05) is 74.0 Å². The highest BCUT2D eigenvalue weighted by atomic mass is 16.3. The number of nitrogens with one attached hydrogen (secondary N) is 1. The van der Waals surface area contributed by atoms with E-state index >= 15 is 0 Å². The molecule has 2 aromatic carbocycles. The van der Waals surface area contributed by atoms with Crippen molar-refractivity contribution in [1.29, 1.82) is 5.41 Å². The Balaban J connectivity index is 0.000000956. The van der Waals surface area contributed by atoms with E-state index in [1.165, 1.54) is 5.56 Å². The minimum absolute atomic E-state index is 0.340. The van der Waals surface area contributed by atoms with Crippen LogP contribution in [0.2, 0.25) is 0 Å². The maximum absolute atomic E-state index is 10.1. The third kappa shape index (κ3) is 4.63.